The molecule has 4 heteroatoms. The molecule has 2 aromatic rings. The number of fused-ring (bicyclic) bond motifs is 4. The number of amides is 1. The Morgan fingerprint density at radius 1 is 1.35 bits per heavy atom. The van der Waals surface area contributed by atoms with Crippen LogP contribution >= 0.6 is 0 Å². The normalized spacial score (nSPS) is 26.6. The zero-order valence-electron chi connectivity index (χ0n) is 13.9. The van der Waals surface area contributed by atoms with Crippen LogP contribution in [0.25, 0.3) is 11.0 Å². The lowest BCUT2D eigenvalue weighted by Gasteiger charge is -2.44. The second-order valence-electron chi connectivity index (χ2n) is 6.96. The van der Waals surface area contributed by atoms with Gasteiger partial charge in [-0.25, -0.2) is 0 Å². The van der Waals surface area contributed by atoms with E-state index in [0.717, 1.165) is 29.5 Å². The van der Waals surface area contributed by atoms with Crippen LogP contribution in [0.3, 0.4) is 0 Å². The van der Waals surface area contributed by atoms with Crippen LogP contribution in [0.1, 0.15) is 41.4 Å². The third-order valence-corrected chi connectivity index (χ3v) is 5.59. The van der Waals surface area contributed by atoms with Crippen molar-refractivity contribution in [3.63, 3.8) is 0 Å². The largest absolute Gasteiger partial charge is 0.451 e. The van der Waals surface area contributed by atoms with E-state index in [0.29, 0.717) is 11.7 Å². The minimum absolute atomic E-state index is 0.0597. The SMILES string of the molecule is CCc1ccc2oc(C(=O)NC3CN4CCC3CC4)c(C)c2c1. The number of nitrogens with one attached hydrogen (secondary N) is 1. The summed E-state index contributed by atoms with van der Waals surface area (Å²) in [5.74, 6) is 1.04. The molecule has 0 saturated carbocycles. The molecule has 0 aliphatic carbocycles. The van der Waals surface area contributed by atoms with Gasteiger partial charge in [0, 0.05) is 23.5 Å². The predicted molar refractivity (Wildman–Crippen MR) is 90.7 cm³/mol. The summed E-state index contributed by atoms with van der Waals surface area (Å²) in [6.45, 7) is 7.46. The first-order valence-corrected chi connectivity index (χ1v) is 8.71. The molecule has 3 saturated heterocycles. The Morgan fingerprint density at radius 2 is 2.13 bits per heavy atom. The van der Waals surface area contributed by atoms with E-state index in [-0.39, 0.29) is 11.9 Å². The van der Waals surface area contributed by atoms with Crippen molar-refractivity contribution >= 4 is 16.9 Å². The van der Waals surface area contributed by atoms with Gasteiger partial charge in [-0.2, -0.15) is 0 Å². The first kappa shape index (κ1) is 14.8. The summed E-state index contributed by atoms with van der Waals surface area (Å²) < 4.78 is 5.86. The Kier molecular flexibility index (Phi) is 3.64. The number of furan rings is 1. The van der Waals surface area contributed by atoms with Crippen molar-refractivity contribution in [2.75, 3.05) is 19.6 Å². The van der Waals surface area contributed by atoms with Crippen molar-refractivity contribution in [1.29, 1.82) is 0 Å². The molecular weight excluding hydrogens is 288 g/mol. The van der Waals surface area contributed by atoms with Crippen molar-refractivity contribution < 1.29 is 9.21 Å². The van der Waals surface area contributed by atoms with Gasteiger partial charge in [-0.1, -0.05) is 13.0 Å². The second-order valence-corrected chi connectivity index (χ2v) is 6.96. The van der Waals surface area contributed by atoms with E-state index in [1.54, 1.807) is 0 Å². The highest BCUT2D eigenvalue weighted by molar-refractivity contribution is 5.99. The molecule has 1 aromatic carbocycles. The Labute approximate surface area is 136 Å². The van der Waals surface area contributed by atoms with Gasteiger partial charge < -0.3 is 14.6 Å². The molecule has 0 radical (unpaired) electrons. The minimum Gasteiger partial charge on any atom is -0.451 e. The van der Waals surface area contributed by atoms with Crippen molar-refractivity contribution in [2.24, 2.45) is 5.92 Å². The fourth-order valence-electron chi connectivity index (χ4n) is 4.07. The number of aryl methyl sites for hydroxylation is 2. The summed E-state index contributed by atoms with van der Waals surface area (Å²) in [5, 5.41) is 4.28. The van der Waals surface area contributed by atoms with E-state index in [2.05, 4.69) is 29.3 Å². The molecule has 23 heavy (non-hydrogen) atoms. The van der Waals surface area contributed by atoms with Crippen LogP contribution in [0.4, 0.5) is 0 Å². The number of benzene rings is 1. The molecule has 1 amide bonds. The molecule has 3 fully saturated rings. The molecule has 3 aliphatic heterocycles. The van der Waals surface area contributed by atoms with Crippen molar-refractivity contribution in [2.45, 2.75) is 39.2 Å². The zero-order chi connectivity index (χ0) is 16.0. The first-order chi connectivity index (χ1) is 11.2. The van der Waals surface area contributed by atoms with Crippen LogP contribution in [0, 0.1) is 12.8 Å². The standard InChI is InChI=1S/C19H24N2O2/c1-3-13-4-5-17-15(10-13)12(2)18(23-17)19(22)20-16-11-21-8-6-14(16)7-9-21/h4-5,10,14,16H,3,6-9,11H2,1-2H3,(H,20,22). The Morgan fingerprint density at radius 3 is 2.78 bits per heavy atom. The van der Waals surface area contributed by atoms with Gasteiger partial charge in [-0.15, -0.1) is 0 Å². The zero-order valence-corrected chi connectivity index (χ0v) is 13.9. The quantitative estimate of drug-likeness (QED) is 0.947. The van der Waals surface area contributed by atoms with Crippen molar-refractivity contribution in [3.8, 4) is 0 Å². The number of rotatable bonds is 3. The van der Waals surface area contributed by atoms with Gasteiger partial charge in [-0.3, -0.25) is 4.79 Å². The summed E-state index contributed by atoms with van der Waals surface area (Å²) in [4.78, 5) is 15.2. The molecule has 1 N–H and O–H groups in total. The summed E-state index contributed by atoms with van der Waals surface area (Å²) in [5.41, 5.74) is 3.03. The summed E-state index contributed by atoms with van der Waals surface area (Å²) >= 11 is 0. The van der Waals surface area contributed by atoms with Crippen LogP contribution in [0.2, 0.25) is 0 Å². The number of carbonyl (C=O) groups is 1. The van der Waals surface area contributed by atoms with Gasteiger partial charge in [0.1, 0.15) is 5.58 Å². The van der Waals surface area contributed by atoms with Gasteiger partial charge in [0.2, 0.25) is 0 Å². The molecule has 1 atom stereocenters. The maximum absolute atomic E-state index is 12.7. The highest BCUT2D eigenvalue weighted by Gasteiger charge is 2.35. The molecule has 4 nitrogen and oxygen atoms in total. The third kappa shape index (κ3) is 2.55. The molecule has 122 valence electrons. The lowest BCUT2D eigenvalue weighted by atomic mass is 9.84. The third-order valence-electron chi connectivity index (χ3n) is 5.59. The average molecular weight is 312 g/mol. The number of hydrogen-bond acceptors (Lipinski definition) is 3. The fourth-order valence-corrected chi connectivity index (χ4v) is 4.07. The molecule has 3 aliphatic rings. The van der Waals surface area contributed by atoms with Crippen molar-refractivity contribution in [3.05, 3.63) is 35.1 Å². The molecule has 1 aromatic heterocycles. The monoisotopic (exact) mass is 312 g/mol. The van der Waals surface area contributed by atoms with Gasteiger partial charge in [0.05, 0.1) is 0 Å². The summed E-state index contributed by atoms with van der Waals surface area (Å²) in [6.07, 6.45) is 3.38. The fraction of sp³-hybridized carbons (Fsp3) is 0.526. The molecular formula is C19H24N2O2. The molecule has 5 rings (SSSR count). The predicted octanol–water partition coefficient (Wildman–Crippen LogP) is 3.13. The van der Waals surface area contributed by atoms with Gasteiger partial charge >= 0.3 is 0 Å². The van der Waals surface area contributed by atoms with Gasteiger partial charge in [0.15, 0.2) is 5.76 Å². The molecule has 4 heterocycles. The van der Waals surface area contributed by atoms with Crippen LogP contribution in [-0.2, 0) is 6.42 Å². The lowest BCUT2D eigenvalue weighted by molar-refractivity contribution is 0.0606. The number of nitrogens with zero attached hydrogens (tertiary/aromatic N) is 1. The highest BCUT2D eigenvalue weighted by Crippen LogP contribution is 2.29. The highest BCUT2D eigenvalue weighted by atomic mass is 16.3. The van der Waals surface area contributed by atoms with E-state index in [4.69, 9.17) is 4.42 Å². The Hall–Kier alpha value is -1.81. The number of hydrogen-bond donors (Lipinski definition) is 1. The number of piperidine rings is 3. The maximum atomic E-state index is 12.7. The van der Waals surface area contributed by atoms with E-state index in [1.807, 2.05) is 13.0 Å². The van der Waals surface area contributed by atoms with Crippen molar-refractivity contribution in [1.82, 2.24) is 10.2 Å². The van der Waals surface area contributed by atoms with Crippen LogP contribution in [-0.4, -0.2) is 36.5 Å². The average Bonchev–Trinajstić information content (AvgIpc) is 2.92. The van der Waals surface area contributed by atoms with E-state index in [1.165, 1.54) is 31.5 Å². The molecule has 1 unspecified atom stereocenters. The molecule has 0 spiro atoms. The summed E-state index contributed by atoms with van der Waals surface area (Å²) in [6, 6.07) is 6.45. The van der Waals surface area contributed by atoms with Crippen LogP contribution in [0.5, 0.6) is 0 Å². The summed E-state index contributed by atoms with van der Waals surface area (Å²) in [7, 11) is 0. The van der Waals surface area contributed by atoms with Crippen LogP contribution < -0.4 is 5.32 Å². The lowest BCUT2D eigenvalue weighted by Crippen LogP contribution is -2.57. The first-order valence-electron chi connectivity index (χ1n) is 8.71. The van der Waals surface area contributed by atoms with Gasteiger partial charge in [-0.05, 0) is 62.9 Å². The van der Waals surface area contributed by atoms with E-state index >= 15 is 0 Å². The Bertz CT molecular complexity index is 741. The topological polar surface area (TPSA) is 45.5 Å². The second kappa shape index (κ2) is 5.68. The number of carbonyl (C=O) groups excluding carboxylic acids is 1. The minimum atomic E-state index is -0.0597. The van der Waals surface area contributed by atoms with Crippen LogP contribution in [0.15, 0.2) is 22.6 Å². The van der Waals surface area contributed by atoms with Gasteiger partial charge in [0.25, 0.3) is 5.91 Å². The maximum Gasteiger partial charge on any atom is 0.287 e. The van der Waals surface area contributed by atoms with E-state index < -0.39 is 0 Å². The van der Waals surface area contributed by atoms with E-state index in [9.17, 15) is 4.79 Å². The Balaban J connectivity index is 1.58. The molecule has 2 bridgehead atoms. The smallest absolute Gasteiger partial charge is 0.287 e.